The van der Waals surface area contributed by atoms with Gasteiger partial charge >= 0.3 is 5.97 Å². The molecule has 1 aromatic carbocycles. The van der Waals surface area contributed by atoms with Crippen molar-refractivity contribution in [1.29, 1.82) is 0 Å². The zero-order chi connectivity index (χ0) is 13.8. The standard InChI is InChI=1S/C11H15NO5S/c1-8(7-13)12-18(15,16)10-6-4-3-5-9(10)11(14)17-2/h3-6,8,12-13H,7H2,1-2H3. The molecule has 0 heterocycles. The van der Waals surface area contributed by atoms with Gasteiger partial charge in [0, 0.05) is 6.04 Å². The van der Waals surface area contributed by atoms with Gasteiger partial charge in [-0.05, 0) is 19.1 Å². The predicted molar refractivity (Wildman–Crippen MR) is 64.7 cm³/mol. The Hall–Kier alpha value is -1.44. The summed E-state index contributed by atoms with van der Waals surface area (Å²) in [7, 11) is -2.69. The Morgan fingerprint density at radius 3 is 2.61 bits per heavy atom. The van der Waals surface area contributed by atoms with Crippen molar-refractivity contribution in [1.82, 2.24) is 4.72 Å². The number of ether oxygens (including phenoxy) is 1. The first-order valence-electron chi connectivity index (χ1n) is 5.23. The number of aliphatic hydroxyl groups excluding tert-OH is 1. The highest BCUT2D eigenvalue weighted by Gasteiger charge is 2.23. The van der Waals surface area contributed by atoms with Gasteiger partial charge in [-0.15, -0.1) is 0 Å². The van der Waals surface area contributed by atoms with E-state index in [1.807, 2.05) is 0 Å². The summed E-state index contributed by atoms with van der Waals surface area (Å²) in [4.78, 5) is 11.3. The van der Waals surface area contributed by atoms with Crippen LogP contribution >= 0.6 is 0 Å². The van der Waals surface area contributed by atoms with Crippen molar-refractivity contribution >= 4 is 16.0 Å². The van der Waals surface area contributed by atoms with Crippen LogP contribution in [-0.2, 0) is 14.8 Å². The first-order valence-corrected chi connectivity index (χ1v) is 6.71. The van der Waals surface area contributed by atoms with Crippen molar-refractivity contribution in [2.45, 2.75) is 17.9 Å². The molecular weight excluding hydrogens is 258 g/mol. The van der Waals surface area contributed by atoms with Crippen molar-refractivity contribution in [3.63, 3.8) is 0 Å². The Kier molecular flexibility index (Phi) is 4.83. The van der Waals surface area contributed by atoms with Crippen molar-refractivity contribution in [3.8, 4) is 0 Å². The molecule has 1 atom stereocenters. The highest BCUT2D eigenvalue weighted by atomic mass is 32.2. The van der Waals surface area contributed by atoms with E-state index in [1.165, 1.54) is 32.2 Å². The third kappa shape index (κ3) is 3.28. The summed E-state index contributed by atoms with van der Waals surface area (Å²) in [5, 5.41) is 8.85. The summed E-state index contributed by atoms with van der Waals surface area (Å²) in [6.45, 7) is 1.18. The number of carbonyl (C=O) groups excluding carboxylic acids is 1. The van der Waals surface area contributed by atoms with Crippen LogP contribution in [-0.4, -0.2) is 39.3 Å². The Morgan fingerprint density at radius 1 is 1.44 bits per heavy atom. The second-order valence-electron chi connectivity index (χ2n) is 3.69. The minimum Gasteiger partial charge on any atom is -0.465 e. The van der Waals surface area contributed by atoms with E-state index in [2.05, 4.69) is 9.46 Å². The lowest BCUT2D eigenvalue weighted by Crippen LogP contribution is -2.35. The van der Waals surface area contributed by atoms with E-state index in [4.69, 9.17) is 5.11 Å². The van der Waals surface area contributed by atoms with Gasteiger partial charge in [0.15, 0.2) is 0 Å². The van der Waals surface area contributed by atoms with Gasteiger partial charge in [0.2, 0.25) is 10.0 Å². The number of carbonyl (C=O) groups is 1. The first-order chi connectivity index (χ1) is 8.42. The number of rotatable bonds is 5. The lowest BCUT2D eigenvalue weighted by Gasteiger charge is -2.13. The highest BCUT2D eigenvalue weighted by molar-refractivity contribution is 7.89. The largest absolute Gasteiger partial charge is 0.465 e. The predicted octanol–water partition coefficient (Wildman–Crippen LogP) is 0.132. The van der Waals surface area contributed by atoms with Crippen LogP contribution < -0.4 is 4.72 Å². The fourth-order valence-electron chi connectivity index (χ4n) is 1.35. The molecule has 0 fully saturated rings. The Bertz CT molecular complexity index is 526. The molecule has 7 heteroatoms. The molecule has 0 bridgehead atoms. The van der Waals surface area contributed by atoms with Gasteiger partial charge in [0.05, 0.1) is 24.2 Å². The minimum atomic E-state index is -3.87. The number of methoxy groups -OCH3 is 1. The van der Waals surface area contributed by atoms with Crippen LogP contribution in [0.3, 0.4) is 0 Å². The van der Waals surface area contributed by atoms with Gasteiger partial charge in [-0.2, -0.15) is 0 Å². The summed E-state index contributed by atoms with van der Waals surface area (Å²) >= 11 is 0. The summed E-state index contributed by atoms with van der Waals surface area (Å²) in [6, 6.07) is 5.08. The van der Waals surface area contributed by atoms with E-state index in [1.54, 1.807) is 6.07 Å². The van der Waals surface area contributed by atoms with Crippen molar-refractivity contribution in [3.05, 3.63) is 29.8 Å². The van der Waals surface area contributed by atoms with E-state index in [0.717, 1.165) is 0 Å². The number of esters is 1. The van der Waals surface area contributed by atoms with E-state index in [0.29, 0.717) is 0 Å². The van der Waals surface area contributed by atoms with E-state index in [9.17, 15) is 13.2 Å². The summed E-state index contributed by atoms with van der Waals surface area (Å²) in [5.74, 6) is -0.729. The van der Waals surface area contributed by atoms with E-state index < -0.39 is 22.0 Å². The number of nitrogens with one attached hydrogen (secondary N) is 1. The van der Waals surface area contributed by atoms with Crippen LogP contribution in [0.5, 0.6) is 0 Å². The molecule has 0 amide bonds. The molecule has 18 heavy (non-hydrogen) atoms. The molecular formula is C11H15NO5S. The lowest BCUT2D eigenvalue weighted by molar-refractivity contribution is 0.0596. The van der Waals surface area contributed by atoms with Crippen molar-refractivity contribution in [2.75, 3.05) is 13.7 Å². The Morgan fingerprint density at radius 2 is 2.06 bits per heavy atom. The molecule has 0 saturated heterocycles. The van der Waals surface area contributed by atoms with Crippen LogP contribution in [0, 0.1) is 0 Å². The quantitative estimate of drug-likeness (QED) is 0.744. The van der Waals surface area contributed by atoms with Crippen LogP contribution in [0.1, 0.15) is 17.3 Å². The second-order valence-corrected chi connectivity index (χ2v) is 5.38. The minimum absolute atomic E-state index is 0.0439. The van der Waals surface area contributed by atoms with Crippen LogP contribution in [0.25, 0.3) is 0 Å². The number of sulfonamides is 1. The smallest absolute Gasteiger partial charge is 0.339 e. The molecule has 1 rings (SSSR count). The third-order valence-corrected chi connectivity index (χ3v) is 3.86. The SMILES string of the molecule is COC(=O)c1ccccc1S(=O)(=O)NC(C)CO. The zero-order valence-electron chi connectivity index (χ0n) is 10.1. The van der Waals surface area contributed by atoms with Crippen molar-refractivity contribution in [2.24, 2.45) is 0 Å². The molecule has 1 unspecified atom stereocenters. The topological polar surface area (TPSA) is 92.7 Å². The van der Waals surface area contributed by atoms with E-state index in [-0.39, 0.29) is 17.1 Å². The summed E-state index contributed by atoms with van der Waals surface area (Å²) in [5.41, 5.74) is -0.0439. The molecule has 0 aliphatic rings. The fraction of sp³-hybridized carbons (Fsp3) is 0.364. The van der Waals surface area contributed by atoms with Gasteiger partial charge in [-0.1, -0.05) is 12.1 Å². The Balaban J connectivity index is 3.20. The van der Waals surface area contributed by atoms with Gasteiger partial charge in [0.25, 0.3) is 0 Å². The number of hydrogen-bond acceptors (Lipinski definition) is 5. The molecule has 0 aliphatic carbocycles. The normalized spacial score (nSPS) is 13.1. The molecule has 100 valence electrons. The van der Waals surface area contributed by atoms with E-state index >= 15 is 0 Å². The molecule has 0 spiro atoms. The molecule has 6 nitrogen and oxygen atoms in total. The molecule has 0 aliphatic heterocycles. The molecule has 2 N–H and O–H groups in total. The first kappa shape index (κ1) is 14.6. The Labute approximate surface area is 106 Å². The van der Waals surface area contributed by atoms with Gasteiger partial charge in [0.1, 0.15) is 0 Å². The average Bonchev–Trinajstić information content (AvgIpc) is 2.37. The van der Waals surface area contributed by atoms with Crippen LogP contribution in [0.2, 0.25) is 0 Å². The number of hydrogen-bond donors (Lipinski definition) is 2. The molecule has 0 radical (unpaired) electrons. The van der Waals surface area contributed by atoms with Crippen LogP contribution in [0.4, 0.5) is 0 Å². The maximum Gasteiger partial charge on any atom is 0.339 e. The summed E-state index contributed by atoms with van der Waals surface area (Å²) in [6.07, 6.45) is 0. The molecule has 0 saturated carbocycles. The maximum atomic E-state index is 12.0. The highest BCUT2D eigenvalue weighted by Crippen LogP contribution is 2.16. The summed E-state index contributed by atoms with van der Waals surface area (Å²) < 4.78 is 30.8. The lowest BCUT2D eigenvalue weighted by atomic mass is 10.2. The maximum absolute atomic E-state index is 12.0. The van der Waals surface area contributed by atoms with Crippen LogP contribution in [0.15, 0.2) is 29.2 Å². The van der Waals surface area contributed by atoms with Crippen molar-refractivity contribution < 1.29 is 23.1 Å². The van der Waals surface area contributed by atoms with Gasteiger partial charge < -0.3 is 9.84 Å². The zero-order valence-corrected chi connectivity index (χ0v) is 10.9. The second kappa shape index (κ2) is 5.94. The fourth-order valence-corrected chi connectivity index (χ4v) is 2.78. The average molecular weight is 273 g/mol. The number of benzene rings is 1. The molecule has 1 aromatic rings. The molecule has 0 aromatic heterocycles. The van der Waals surface area contributed by atoms with Gasteiger partial charge in [-0.25, -0.2) is 17.9 Å². The number of aliphatic hydroxyl groups is 1. The third-order valence-electron chi connectivity index (χ3n) is 2.21. The van der Waals surface area contributed by atoms with Gasteiger partial charge in [-0.3, -0.25) is 0 Å². The monoisotopic (exact) mass is 273 g/mol.